The molecule has 114 valence electrons. The highest BCUT2D eigenvalue weighted by Crippen LogP contribution is 2.48. The van der Waals surface area contributed by atoms with Gasteiger partial charge in [0.1, 0.15) is 0 Å². The highest BCUT2D eigenvalue weighted by molar-refractivity contribution is 7.10. The number of fused-ring (bicyclic) bond motifs is 1. The SMILES string of the molecule is CCNC(=O)NC(=O)CN1CCc2sccc2[C@@H]1C1CC1. The summed E-state index contributed by atoms with van der Waals surface area (Å²) in [5.41, 5.74) is 1.40. The van der Waals surface area contributed by atoms with Gasteiger partial charge in [0.05, 0.1) is 6.54 Å². The molecule has 0 unspecified atom stereocenters. The maximum Gasteiger partial charge on any atom is 0.321 e. The standard InChI is InChI=1S/C15H21N3O2S/c1-2-16-15(20)17-13(19)9-18-7-5-12-11(6-8-21-12)14(18)10-3-4-10/h6,8,10,14H,2-5,7,9H2,1H3,(H2,16,17,19,20)/t14-/m0/s1. The number of rotatable bonds is 4. The lowest BCUT2D eigenvalue weighted by Gasteiger charge is -2.35. The van der Waals surface area contributed by atoms with Crippen LogP contribution in [0.3, 0.4) is 0 Å². The minimum Gasteiger partial charge on any atom is -0.338 e. The lowest BCUT2D eigenvalue weighted by molar-refractivity contribution is -0.122. The minimum absolute atomic E-state index is 0.217. The van der Waals surface area contributed by atoms with Crippen molar-refractivity contribution in [2.75, 3.05) is 19.6 Å². The molecule has 1 atom stereocenters. The second kappa shape index (κ2) is 6.15. The van der Waals surface area contributed by atoms with Gasteiger partial charge in [-0.05, 0) is 49.1 Å². The molecule has 0 spiro atoms. The van der Waals surface area contributed by atoms with Crippen molar-refractivity contribution in [3.8, 4) is 0 Å². The van der Waals surface area contributed by atoms with Crippen molar-refractivity contribution in [2.24, 2.45) is 5.92 Å². The van der Waals surface area contributed by atoms with Gasteiger partial charge in [-0.2, -0.15) is 0 Å². The second-order valence-corrected chi connectivity index (χ2v) is 6.71. The highest BCUT2D eigenvalue weighted by Gasteiger charge is 2.40. The number of carbonyl (C=O) groups is 2. The van der Waals surface area contributed by atoms with Crippen LogP contribution in [0.5, 0.6) is 0 Å². The van der Waals surface area contributed by atoms with Crippen LogP contribution in [-0.2, 0) is 11.2 Å². The molecule has 0 radical (unpaired) electrons. The number of carbonyl (C=O) groups excluding carboxylic acids is 2. The van der Waals surface area contributed by atoms with E-state index < -0.39 is 6.03 Å². The Balaban J connectivity index is 1.65. The van der Waals surface area contributed by atoms with E-state index in [0.29, 0.717) is 25.0 Å². The lowest BCUT2D eigenvalue weighted by Crippen LogP contribution is -2.47. The van der Waals surface area contributed by atoms with Crippen LogP contribution in [-0.4, -0.2) is 36.5 Å². The Morgan fingerprint density at radius 2 is 2.24 bits per heavy atom. The Morgan fingerprint density at radius 1 is 1.43 bits per heavy atom. The summed E-state index contributed by atoms with van der Waals surface area (Å²) in [6.45, 7) is 3.55. The summed E-state index contributed by atoms with van der Waals surface area (Å²) in [5.74, 6) is 0.459. The first-order valence-corrected chi connectivity index (χ1v) is 8.45. The van der Waals surface area contributed by atoms with E-state index in [9.17, 15) is 9.59 Å². The van der Waals surface area contributed by atoms with Gasteiger partial charge in [0.15, 0.2) is 0 Å². The fraction of sp³-hybridized carbons (Fsp3) is 0.600. The van der Waals surface area contributed by atoms with Gasteiger partial charge in [-0.1, -0.05) is 0 Å². The summed E-state index contributed by atoms with van der Waals surface area (Å²) >= 11 is 1.82. The van der Waals surface area contributed by atoms with E-state index in [1.807, 2.05) is 18.3 Å². The molecule has 1 saturated carbocycles. The van der Waals surface area contributed by atoms with Gasteiger partial charge >= 0.3 is 6.03 Å². The zero-order chi connectivity index (χ0) is 14.8. The topological polar surface area (TPSA) is 61.4 Å². The van der Waals surface area contributed by atoms with Crippen LogP contribution in [0.2, 0.25) is 0 Å². The normalized spacial score (nSPS) is 21.7. The molecule has 1 aromatic rings. The largest absolute Gasteiger partial charge is 0.338 e. The molecule has 1 fully saturated rings. The van der Waals surface area contributed by atoms with Crippen LogP contribution in [0.4, 0.5) is 4.79 Å². The predicted molar refractivity (Wildman–Crippen MR) is 82.3 cm³/mol. The van der Waals surface area contributed by atoms with Crippen molar-refractivity contribution in [3.63, 3.8) is 0 Å². The van der Waals surface area contributed by atoms with Gasteiger partial charge in [0.25, 0.3) is 0 Å². The molecular formula is C15H21N3O2S. The van der Waals surface area contributed by atoms with Gasteiger partial charge in [-0.15, -0.1) is 11.3 Å². The summed E-state index contributed by atoms with van der Waals surface area (Å²) < 4.78 is 0. The molecule has 0 saturated heterocycles. The minimum atomic E-state index is -0.404. The van der Waals surface area contributed by atoms with Crippen LogP contribution >= 0.6 is 11.3 Å². The Labute approximate surface area is 128 Å². The van der Waals surface area contributed by atoms with Gasteiger partial charge in [-0.25, -0.2) is 4.79 Å². The molecule has 3 amide bonds. The van der Waals surface area contributed by atoms with Crippen molar-refractivity contribution >= 4 is 23.3 Å². The maximum atomic E-state index is 12.0. The molecule has 0 aromatic carbocycles. The Morgan fingerprint density at radius 3 is 2.95 bits per heavy atom. The molecule has 2 heterocycles. The van der Waals surface area contributed by atoms with E-state index >= 15 is 0 Å². The van der Waals surface area contributed by atoms with Gasteiger partial charge < -0.3 is 5.32 Å². The van der Waals surface area contributed by atoms with Crippen molar-refractivity contribution in [1.29, 1.82) is 0 Å². The molecule has 1 aromatic heterocycles. The number of hydrogen-bond donors (Lipinski definition) is 2. The van der Waals surface area contributed by atoms with E-state index in [0.717, 1.165) is 13.0 Å². The third-order valence-electron chi connectivity index (χ3n) is 4.12. The molecule has 1 aliphatic carbocycles. The fourth-order valence-electron chi connectivity index (χ4n) is 3.09. The van der Waals surface area contributed by atoms with Crippen molar-refractivity contribution in [2.45, 2.75) is 32.2 Å². The number of hydrogen-bond acceptors (Lipinski definition) is 4. The average Bonchev–Trinajstić information content (AvgIpc) is 3.15. The third-order valence-corrected chi connectivity index (χ3v) is 5.12. The number of nitrogens with zero attached hydrogens (tertiary/aromatic N) is 1. The second-order valence-electron chi connectivity index (χ2n) is 5.71. The molecule has 6 heteroatoms. The number of imide groups is 1. The summed E-state index contributed by atoms with van der Waals surface area (Å²) in [7, 11) is 0. The molecule has 0 bridgehead atoms. The molecule has 3 rings (SSSR count). The zero-order valence-electron chi connectivity index (χ0n) is 12.2. The van der Waals surface area contributed by atoms with E-state index in [-0.39, 0.29) is 5.91 Å². The first-order chi connectivity index (χ1) is 10.2. The number of urea groups is 1. The van der Waals surface area contributed by atoms with E-state index in [2.05, 4.69) is 27.0 Å². The Bertz CT molecular complexity index is 539. The smallest absolute Gasteiger partial charge is 0.321 e. The predicted octanol–water partition coefficient (Wildman–Crippen LogP) is 1.90. The third kappa shape index (κ3) is 3.27. The maximum absolute atomic E-state index is 12.0. The number of thiophene rings is 1. The van der Waals surface area contributed by atoms with E-state index in [4.69, 9.17) is 0 Å². The van der Waals surface area contributed by atoms with Crippen molar-refractivity contribution < 1.29 is 9.59 Å². The molecule has 5 nitrogen and oxygen atoms in total. The van der Waals surface area contributed by atoms with Crippen LogP contribution in [0.15, 0.2) is 11.4 Å². The van der Waals surface area contributed by atoms with Crippen LogP contribution in [0.25, 0.3) is 0 Å². The molecule has 1 aliphatic heterocycles. The van der Waals surface area contributed by atoms with Gasteiger partial charge in [-0.3, -0.25) is 15.0 Å². The monoisotopic (exact) mass is 307 g/mol. The van der Waals surface area contributed by atoms with E-state index in [1.165, 1.54) is 23.3 Å². The molecule has 2 N–H and O–H groups in total. The lowest BCUT2D eigenvalue weighted by atomic mass is 9.96. The van der Waals surface area contributed by atoms with Crippen LogP contribution in [0, 0.1) is 5.92 Å². The van der Waals surface area contributed by atoms with Crippen molar-refractivity contribution in [3.05, 3.63) is 21.9 Å². The molecule has 2 aliphatic rings. The van der Waals surface area contributed by atoms with Crippen molar-refractivity contribution in [1.82, 2.24) is 15.5 Å². The quantitative estimate of drug-likeness (QED) is 0.893. The summed E-state index contributed by atoms with van der Waals surface area (Å²) in [4.78, 5) is 27.1. The average molecular weight is 307 g/mol. The van der Waals surface area contributed by atoms with Crippen LogP contribution in [0.1, 0.15) is 36.2 Å². The summed E-state index contributed by atoms with van der Waals surface area (Å²) in [5, 5.41) is 7.13. The Hall–Kier alpha value is -1.40. The fourth-order valence-corrected chi connectivity index (χ4v) is 4.01. The Kier molecular flexibility index (Phi) is 4.26. The van der Waals surface area contributed by atoms with Gasteiger partial charge in [0.2, 0.25) is 5.91 Å². The first kappa shape index (κ1) is 14.5. The number of amides is 3. The molecule has 21 heavy (non-hydrogen) atoms. The first-order valence-electron chi connectivity index (χ1n) is 7.57. The summed E-state index contributed by atoms with van der Waals surface area (Å²) in [6.07, 6.45) is 3.49. The highest BCUT2D eigenvalue weighted by atomic mass is 32.1. The van der Waals surface area contributed by atoms with Gasteiger partial charge in [0, 0.05) is 24.0 Å². The molecular weight excluding hydrogens is 286 g/mol. The van der Waals surface area contributed by atoms with Crippen LogP contribution < -0.4 is 10.6 Å². The zero-order valence-corrected chi connectivity index (χ0v) is 13.0. The summed E-state index contributed by atoms with van der Waals surface area (Å²) in [6, 6.07) is 2.16. The van der Waals surface area contributed by atoms with E-state index in [1.54, 1.807) is 0 Å². The number of nitrogens with one attached hydrogen (secondary N) is 2.